The first-order chi connectivity index (χ1) is 10.5. The molecule has 1 fully saturated rings. The van der Waals surface area contributed by atoms with Crippen LogP contribution in [0.15, 0.2) is 24.4 Å². The Morgan fingerprint density at radius 3 is 2.68 bits per heavy atom. The number of rotatable bonds is 3. The molecule has 1 aromatic heterocycles. The van der Waals surface area contributed by atoms with Crippen LogP contribution >= 0.6 is 0 Å². The zero-order valence-corrected chi connectivity index (χ0v) is 11.7. The first kappa shape index (κ1) is 14.2. The van der Waals surface area contributed by atoms with Gasteiger partial charge in [0, 0.05) is 25.2 Å². The maximum atomic E-state index is 11.0. The summed E-state index contributed by atoms with van der Waals surface area (Å²) < 4.78 is 0. The Balaban J connectivity index is 1.82. The highest BCUT2D eigenvalue weighted by Crippen LogP contribution is 2.24. The molecule has 2 aromatic rings. The van der Waals surface area contributed by atoms with Gasteiger partial charge in [-0.15, -0.1) is 0 Å². The van der Waals surface area contributed by atoms with Gasteiger partial charge in [-0.1, -0.05) is 0 Å². The van der Waals surface area contributed by atoms with Crippen LogP contribution in [0.1, 0.15) is 12.8 Å². The number of hydrogen-bond donors (Lipinski definition) is 1. The van der Waals surface area contributed by atoms with Crippen LogP contribution in [-0.4, -0.2) is 39.1 Å². The lowest BCUT2D eigenvalue weighted by Crippen LogP contribution is -2.36. The van der Waals surface area contributed by atoms with Crippen molar-refractivity contribution in [2.45, 2.75) is 12.8 Å². The second-order valence-corrected chi connectivity index (χ2v) is 5.26. The van der Waals surface area contributed by atoms with Gasteiger partial charge in [-0.2, -0.15) is 0 Å². The molecule has 0 atom stereocenters. The molecule has 0 saturated carbocycles. The maximum absolute atomic E-state index is 11.0. The van der Waals surface area contributed by atoms with Crippen molar-refractivity contribution in [1.29, 1.82) is 0 Å². The van der Waals surface area contributed by atoms with Crippen LogP contribution in [0.4, 0.5) is 11.5 Å². The molecule has 1 N–H and O–H groups in total. The minimum absolute atomic E-state index is 0.0168. The largest absolute Gasteiger partial charge is 0.481 e. The van der Waals surface area contributed by atoms with Crippen LogP contribution in [0.25, 0.3) is 11.0 Å². The number of fused-ring (bicyclic) bond motifs is 1. The number of nitro benzene ring substituents is 1. The first-order valence-corrected chi connectivity index (χ1v) is 6.93. The van der Waals surface area contributed by atoms with E-state index in [4.69, 9.17) is 5.11 Å². The van der Waals surface area contributed by atoms with Gasteiger partial charge >= 0.3 is 5.97 Å². The van der Waals surface area contributed by atoms with Gasteiger partial charge in [-0.05, 0) is 18.9 Å². The molecule has 0 unspecified atom stereocenters. The molecular weight excluding hydrogens is 288 g/mol. The van der Waals surface area contributed by atoms with Crippen molar-refractivity contribution in [3.8, 4) is 0 Å². The van der Waals surface area contributed by atoms with E-state index in [1.165, 1.54) is 12.1 Å². The van der Waals surface area contributed by atoms with E-state index >= 15 is 0 Å². The Hall–Kier alpha value is -2.77. The summed E-state index contributed by atoms with van der Waals surface area (Å²) in [5, 5.41) is 19.8. The van der Waals surface area contributed by atoms with Gasteiger partial charge in [0.25, 0.3) is 5.69 Å². The number of carboxylic acid groups (broad SMARTS) is 1. The zero-order valence-electron chi connectivity index (χ0n) is 11.7. The highest BCUT2D eigenvalue weighted by molar-refractivity contribution is 5.78. The molecule has 114 valence electrons. The molecule has 22 heavy (non-hydrogen) atoms. The number of hydrogen-bond acceptors (Lipinski definition) is 6. The van der Waals surface area contributed by atoms with E-state index in [1.807, 2.05) is 4.90 Å². The number of anilines is 1. The van der Waals surface area contributed by atoms with Crippen LogP contribution in [0.3, 0.4) is 0 Å². The van der Waals surface area contributed by atoms with Crippen molar-refractivity contribution in [2.75, 3.05) is 18.0 Å². The van der Waals surface area contributed by atoms with Gasteiger partial charge in [0.1, 0.15) is 5.82 Å². The molecule has 3 rings (SSSR count). The first-order valence-electron chi connectivity index (χ1n) is 6.93. The van der Waals surface area contributed by atoms with Crippen molar-refractivity contribution in [1.82, 2.24) is 9.97 Å². The van der Waals surface area contributed by atoms with E-state index in [0.29, 0.717) is 42.8 Å². The summed E-state index contributed by atoms with van der Waals surface area (Å²) in [5.41, 5.74) is 1.04. The second kappa shape index (κ2) is 5.55. The minimum atomic E-state index is -0.753. The highest BCUT2D eigenvalue weighted by Gasteiger charge is 2.25. The van der Waals surface area contributed by atoms with Gasteiger partial charge in [-0.3, -0.25) is 19.9 Å². The summed E-state index contributed by atoms with van der Waals surface area (Å²) in [7, 11) is 0. The predicted molar refractivity (Wildman–Crippen MR) is 78.8 cm³/mol. The van der Waals surface area contributed by atoms with E-state index in [0.717, 1.165) is 0 Å². The Morgan fingerprint density at radius 1 is 1.32 bits per heavy atom. The molecule has 2 heterocycles. The van der Waals surface area contributed by atoms with Gasteiger partial charge in [-0.25, -0.2) is 4.98 Å². The number of non-ortho nitro benzene ring substituents is 1. The van der Waals surface area contributed by atoms with Crippen molar-refractivity contribution < 1.29 is 14.8 Å². The highest BCUT2D eigenvalue weighted by atomic mass is 16.6. The van der Waals surface area contributed by atoms with Gasteiger partial charge < -0.3 is 10.0 Å². The molecule has 8 heteroatoms. The second-order valence-electron chi connectivity index (χ2n) is 5.26. The van der Waals surface area contributed by atoms with E-state index in [1.54, 1.807) is 12.3 Å². The summed E-state index contributed by atoms with van der Waals surface area (Å²) in [5.74, 6) is -0.380. The Morgan fingerprint density at radius 2 is 2.05 bits per heavy atom. The van der Waals surface area contributed by atoms with Gasteiger partial charge in [0.05, 0.1) is 28.1 Å². The third-order valence-corrected chi connectivity index (χ3v) is 3.89. The number of piperidine rings is 1. The summed E-state index contributed by atoms with van der Waals surface area (Å²) in [4.78, 5) is 31.9. The molecule has 1 aliphatic heterocycles. The lowest BCUT2D eigenvalue weighted by Gasteiger charge is -2.30. The fraction of sp³-hybridized carbons (Fsp3) is 0.357. The molecule has 0 amide bonds. The third kappa shape index (κ3) is 2.67. The smallest absolute Gasteiger partial charge is 0.306 e. The average Bonchev–Trinajstić information content (AvgIpc) is 2.54. The summed E-state index contributed by atoms with van der Waals surface area (Å²) in [6.45, 7) is 1.23. The van der Waals surface area contributed by atoms with Crippen molar-refractivity contribution >= 4 is 28.5 Å². The molecule has 1 saturated heterocycles. The number of aliphatic carboxylic acids is 1. The number of nitro groups is 1. The standard InChI is InChI=1S/C14H14N4O4/c19-14(20)9-3-5-17(6-4-9)13-8-15-12-7-10(18(21)22)1-2-11(12)16-13/h1-2,7-9H,3-6H2,(H,19,20). The monoisotopic (exact) mass is 302 g/mol. The third-order valence-electron chi connectivity index (χ3n) is 3.89. The predicted octanol–water partition coefficient (Wildman–Crippen LogP) is 1.84. The maximum Gasteiger partial charge on any atom is 0.306 e. The fourth-order valence-electron chi connectivity index (χ4n) is 2.61. The van der Waals surface area contributed by atoms with E-state index in [-0.39, 0.29) is 11.6 Å². The lowest BCUT2D eigenvalue weighted by molar-refractivity contribution is -0.384. The molecule has 1 aliphatic rings. The Bertz CT molecular complexity index is 741. The van der Waals surface area contributed by atoms with Crippen LogP contribution < -0.4 is 4.90 Å². The topological polar surface area (TPSA) is 109 Å². The van der Waals surface area contributed by atoms with E-state index in [2.05, 4.69) is 9.97 Å². The molecule has 0 aliphatic carbocycles. The van der Waals surface area contributed by atoms with Gasteiger partial charge in [0.2, 0.25) is 0 Å². The molecule has 0 spiro atoms. The Kier molecular flexibility index (Phi) is 3.58. The average molecular weight is 302 g/mol. The van der Waals surface area contributed by atoms with Crippen molar-refractivity contribution in [3.05, 3.63) is 34.5 Å². The quantitative estimate of drug-likeness (QED) is 0.680. The molecular formula is C14H14N4O4. The van der Waals surface area contributed by atoms with Crippen LogP contribution in [0.2, 0.25) is 0 Å². The number of carboxylic acids is 1. The molecule has 0 radical (unpaired) electrons. The molecule has 0 bridgehead atoms. The zero-order chi connectivity index (χ0) is 15.7. The fourth-order valence-corrected chi connectivity index (χ4v) is 2.61. The van der Waals surface area contributed by atoms with Crippen molar-refractivity contribution in [3.63, 3.8) is 0 Å². The summed E-state index contributed by atoms with van der Waals surface area (Å²) >= 11 is 0. The van der Waals surface area contributed by atoms with E-state index in [9.17, 15) is 14.9 Å². The number of benzene rings is 1. The van der Waals surface area contributed by atoms with Crippen LogP contribution in [0.5, 0.6) is 0 Å². The summed E-state index contributed by atoms with van der Waals surface area (Å²) in [6, 6.07) is 4.37. The molecule has 8 nitrogen and oxygen atoms in total. The number of carbonyl (C=O) groups is 1. The van der Waals surface area contributed by atoms with Crippen LogP contribution in [-0.2, 0) is 4.79 Å². The van der Waals surface area contributed by atoms with Gasteiger partial charge in [0.15, 0.2) is 0 Å². The minimum Gasteiger partial charge on any atom is -0.481 e. The number of aromatic nitrogens is 2. The Labute approximate surface area is 125 Å². The molecule has 1 aromatic carbocycles. The SMILES string of the molecule is O=C(O)C1CCN(c2cnc3cc([N+](=O)[O-])ccc3n2)CC1. The van der Waals surface area contributed by atoms with Crippen LogP contribution in [0, 0.1) is 16.0 Å². The normalized spacial score (nSPS) is 15.9. The van der Waals surface area contributed by atoms with Crippen molar-refractivity contribution in [2.24, 2.45) is 5.92 Å². The lowest BCUT2D eigenvalue weighted by atomic mass is 9.97. The summed E-state index contributed by atoms with van der Waals surface area (Å²) in [6.07, 6.45) is 2.73. The number of nitrogens with zero attached hydrogens (tertiary/aromatic N) is 4. The van der Waals surface area contributed by atoms with E-state index < -0.39 is 10.9 Å².